The summed E-state index contributed by atoms with van der Waals surface area (Å²) >= 11 is 0. The van der Waals surface area contributed by atoms with Crippen molar-refractivity contribution >= 4 is 0 Å². The van der Waals surface area contributed by atoms with E-state index in [1.807, 2.05) is 0 Å². The number of hydrogen-bond donors (Lipinski definition) is 3. The Morgan fingerprint density at radius 1 is 1.18 bits per heavy atom. The molecule has 5 atom stereocenters. The van der Waals surface area contributed by atoms with Crippen LogP contribution in [-0.2, 0) is 14.2 Å². The number of aliphatic hydroxyl groups excluding tert-OH is 1. The van der Waals surface area contributed by atoms with Crippen molar-refractivity contribution in [1.29, 1.82) is 0 Å². The van der Waals surface area contributed by atoms with Crippen molar-refractivity contribution in [3.63, 3.8) is 0 Å². The number of ether oxygens (including phenoxy) is 3. The first-order valence-electron chi connectivity index (χ1n) is 5.59. The van der Waals surface area contributed by atoms with E-state index in [-0.39, 0.29) is 6.61 Å². The Kier molecular flexibility index (Phi) is 2.82. The van der Waals surface area contributed by atoms with Crippen LogP contribution in [0.3, 0.4) is 0 Å². The molecule has 2 fully saturated rings. The lowest BCUT2D eigenvalue weighted by atomic mass is 9.97. The van der Waals surface area contributed by atoms with Crippen LogP contribution in [0.1, 0.15) is 13.8 Å². The molecule has 0 aromatic rings. The van der Waals surface area contributed by atoms with Crippen LogP contribution in [0.25, 0.3) is 0 Å². The molecule has 1 aliphatic carbocycles. The molecule has 0 amide bonds. The van der Waals surface area contributed by atoms with Crippen LogP contribution in [0, 0.1) is 5.41 Å². The maximum absolute atomic E-state index is 10.5. The molecule has 3 N–H and O–H groups in total. The first-order valence-corrected chi connectivity index (χ1v) is 5.59. The van der Waals surface area contributed by atoms with Crippen LogP contribution >= 0.6 is 0 Å². The molecule has 0 bridgehead atoms. The quantitative estimate of drug-likeness (QED) is 0.585. The molecular formula is C11H20O6. The molecule has 1 saturated carbocycles. The van der Waals surface area contributed by atoms with Crippen LogP contribution in [0.15, 0.2) is 0 Å². The first kappa shape index (κ1) is 13.2. The molecule has 1 heterocycles. The van der Waals surface area contributed by atoms with Gasteiger partial charge in [-0.25, -0.2) is 0 Å². The standard InChI is InChI=1S/C11H20O6/c1-9(2)10(13)7(12)6(5-15-3)17-8(16-4)11(9,10)14/h6-8,12-14H,5H2,1-4H3/t6-,7+,8+,10-,11+/m1/s1. The van der Waals surface area contributed by atoms with Crippen molar-refractivity contribution in [2.45, 2.75) is 43.5 Å². The number of fused-ring (bicyclic) bond motifs is 1. The average Bonchev–Trinajstić information content (AvgIpc) is 2.64. The molecule has 6 nitrogen and oxygen atoms in total. The van der Waals surface area contributed by atoms with Gasteiger partial charge in [0.1, 0.15) is 17.8 Å². The third-order valence-electron chi connectivity index (χ3n) is 4.39. The van der Waals surface area contributed by atoms with Crippen LogP contribution in [0.2, 0.25) is 0 Å². The lowest BCUT2D eigenvalue weighted by Crippen LogP contribution is -2.59. The summed E-state index contributed by atoms with van der Waals surface area (Å²) in [5.74, 6) is 0. The van der Waals surface area contributed by atoms with Crippen LogP contribution in [0.4, 0.5) is 0 Å². The third kappa shape index (κ3) is 1.21. The lowest BCUT2D eigenvalue weighted by molar-refractivity contribution is -0.296. The van der Waals surface area contributed by atoms with Crippen LogP contribution in [0.5, 0.6) is 0 Å². The van der Waals surface area contributed by atoms with E-state index in [2.05, 4.69) is 0 Å². The molecule has 17 heavy (non-hydrogen) atoms. The zero-order valence-electron chi connectivity index (χ0n) is 10.5. The van der Waals surface area contributed by atoms with E-state index in [0.29, 0.717) is 0 Å². The molecule has 0 aromatic heterocycles. The van der Waals surface area contributed by atoms with E-state index in [0.717, 1.165) is 0 Å². The zero-order valence-corrected chi connectivity index (χ0v) is 10.5. The lowest BCUT2D eigenvalue weighted by Gasteiger charge is -2.38. The number of methoxy groups -OCH3 is 2. The predicted molar refractivity (Wildman–Crippen MR) is 57.2 cm³/mol. The maximum Gasteiger partial charge on any atom is 0.190 e. The highest BCUT2D eigenvalue weighted by molar-refractivity contribution is 5.38. The fourth-order valence-corrected chi connectivity index (χ4v) is 3.09. The molecule has 6 heteroatoms. The summed E-state index contributed by atoms with van der Waals surface area (Å²) in [7, 11) is 2.86. The molecular weight excluding hydrogens is 228 g/mol. The minimum absolute atomic E-state index is 0.121. The second-order valence-corrected chi connectivity index (χ2v) is 5.30. The minimum Gasteiger partial charge on any atom is -0.387 e. The summed E-state index contributed by atoms with van der Waals surface area (Å²) in [5, 5.41) is 31.1. The topological polar surface area (TPSA) is 88.4 Å². The van der Waals surface area contributed by atoms with E-state index >= 15 is 0 Å². The second-order valence-electron chi connectivity index (χ2n) is 5.30. The van der Waals surface area contributed by atoms with Gasteiger partial charge in [0.25, 0.3) is 0 Å². The molecule has 1 saturated heterocycles. The first-order chi connectivity index (χ1) is 7.79. The molecule has 0 aromatic carbocycles. The van der Waals surface area contributed by atoms with Gasteiger partial charge in [-0.3, -0.25) is 0 Å². The van der Waals surface area contributed by atoms with Gasteiger partial charge in [0, 0.05) is 19.6 Å². The highest BCUT2D eigenvalue weighted by atomic mass is 16.7. The fourth-order valence-electron chi connectivity index (χ4n) is 3.09. The molecule has 2 aliphatic rings. The van der Waals surface area contributed by atoms with Gasteiger partial charge in [-0.2, -0.15) is 0 Å². The molecule has 1 aliphatic heterocycles. The van der Waals surface area contributed by atoms with Crippen molar-refractivity contribution in [2.75, 3.05) is 20.8 Å². The number of aliphatic hydroxyl groups is 3. The number of rotatable bonds is 3. The van der Waals surface area contributed by atoms with Gasteiger partial charge in [0.2, 0.25) is 0 Å². The van der Waals surface area contributed by atoms with Crippen molar-refractivity contribution in [2.24, 2.45) is 5.41 Å². The molecule has 100 valence electrons. The van der Waals surface area contributed by atoms with Crippen molar-refractivity contribution in [3.8, 4) is 0 Å². The minimum atomic E-state index is -1.64. The Labute approximate surface area is 100 Å². The summed E-state index contributed by atoms with van der Waals surface area (Å²) < 4.78 is 15.4. The Bertz CT molecular complexity index is 319. The Hall–Kier alpha value is -0.240. The second kappa shape index (κ2) is 3.63. The summed E-state index contributed by atoms with van der Waals surface area (Å²) in [6, 6.07) is 0. The highest BCUT2D eigenvalue weighted by Crippen LogP contribution is 2.70. The number of hydrogen-bond acceptors (Lipinski definition) is 6. The van der Waals surface area contributed by atoms with Gasteiger partial charge in [-0.05, 0) is 0 Å². The molecule has 2 rings (SSSR count). The SMILES string of the molecule is COC[C@H]1O[C@H](OC)[C@]2(O)C(C)(C)[C@]2(O)[C@H]1O. The smallest absolute Gasteiger partial charge is 0.190 e. The van der Waals surface area contributed by atoms with Crippen molar-refractivity contribution in [1.82, 2.24) is 0 Å². The van der Waals surface area contributed by atoms with E-state index in [4.69, 9.17) is 14.2 Å². The Morgan fingerprint density at radius 2 is 1.76 bits per heavy atom. The van der Waals surface area contributed by atoms with Gasteiger partial charge in [0.15, 0.2) is 11.9 Å². The highest BCUT2D eigenvalue weighted by Gasteiger charge is 2.91. The van der Waals surface area contributed by atoms with E-state index < -0.39 is 35.1 Å². The van der Waals surface area contributed by atoms with E-state index in [1.165, 1.54) is 14.2 Å². The van der Waals surface area contributed by atoms with Gasteiger partial charge in [-0.1, -0.05) is 13.8 Å². The fraction of sp³-hybridized carbons (Fsp3) is 1.00. The largest absolute Gasteiger partial charge is 0.387 e. The Morgan fingerprint density at radius 3 is 2.24 bits per heavy atom. The van der Waals surface area contributed by atoms with Crippen LogP contribution in [-0.4, -0.2) is 65.8 Å². The third-order valence-corrected chi connectivity index (χ3v) is 4.39. The summed E-state index contributed by atoms with van der Waals surface area (Å²) in [4.78, 5) is 0. The molecule has 0 unspecified atom stereocenters. The maximum atomic E-state index is 10.5. The zero-order chi connectivity index (χ0) is 13.1. The monoisotopic (exact) mass is 248 g/mol. The van der Waals surface area contributed by atoms with Gasteiger partial charge >= 0.3 is 0 Å². The van der Waals surface area contributed by atoms with E-state index in [9.17, 15) is 15.3 Å². The van der Waals surface area contributed by atoms with Gasteiger partial charge in [0.05, 0.1) is 6.61 Å². The van der Waals surface area contributed by atoms with Crippen LogP contribution < -0.4 is 0 Å². The van der Waals surface area contributed by atoms with Gasteiger partial charge < -0.3 is 29.5 Å². The normalized spacial score (nSPS) is 52.1. The predicted octanol–water partition coefficient (Wildman–Crippen LogP) is -1.13. The summed E-state index contributed by atoms with van der Waals surface area (Å²) in [6.45, 7) is 3.46. The summed E-state index contributed by atoms with van der Waals surface area (Å²) in [6.07, 6.45) is -2.92. The molecule has 0 spiro atoms. The van der Waals surface area contributed by atoms with E-state index in [1.54, 1.807) is 13.8 Å². The van der Waals surface area contributed by atoms with Crippen molar-refractivity contribution in [3.05, 3.63) is 0 Å². The Balaban J connectivity index is 2.34. The molecule has 0 radical (unpaired) electrons. The van der Waals surface area contributed by atoms with Gasteiger partial charge in [-0.15, -0.1) is 0 Å². The average molecular weight is 248 g/mol. The summed E-state index contributed by atoms with van der Waals surface area (Å²) in [5.41, 5.74) is -4.14. The van der Waals surface area contributed by atoms with Crippen molar-refractivity contribution < 1.29 is 29.5 Å².